The maximum absolute atomic E-state index is 12.8. The molecule has 0 amide bonds. The van der Waals surface area contributed by atoms with Gasteiger partial charge in [-0.15, -0.1) is 0 Å². The second-order valence-corrected chi connectivity index (χ2v) is 4.41. The summed E-state index contributed by atoms with van der Waals surface area (Å²) in [5.74, 6) is 0.0391. The number of benzene rings is 1. The van der Waals surface area contributed by atoms with Gasteiger partial charge in [0, 0.05) is 6.07 Å². The molecule has 7 heteroatoms. The van der Waals surface area contributed by atoms with E-state index in [-0.39, 0.29) is 36.4 Å². The Morgan fingerprint density at radius 2 is 1.90 bits per heavy atom. The van der Waals surface area contributed by atoms with Crippen molar-refractivity contribution in [2.45, 2.75) is 6.61 Å². The zero-order chi connectivity index (χ0) is 15.2. The molecule has 2 aromatic rings. The molecule has 1 heterocycles. The fourth-order valence-electron chi connectivity index (χ4n) is 1.52. The summed E-state index contributed by atoms with van der Waals surface area (Å²) in [4.78, 5) is 11.6. The van der Waals surface area contributed by atoms with E-state index in [0.29, 0.717) is 5.75 Å². The molecular weight excluding hydrogens is 303 g/mol. The first-order valence-electron chi connectivity index (χ1n) is 6.03. The zero-order valence-corrected chi connectivity index (χ0v) is 11.6. The van der Waals surface area contributed by atoms with E-state index in [0.717, 1.165) is 18.4 Å². The van der Waals surface area contributed by atoms with Crippen molar-refractivity contribution in [1.29, 1.82) is 0 Å². The molecule has 1 N–H and O–H groups in total. The Labute approximate surface area is 124 Å². The molecule has 0 atom stereocenters. The monoisotopic (exact) mass is 314 g/mol. The largest absolute Gasteiger partial charge is 0.488 e. The molecule has 112 valence electrons. The molecule has 0 aliphatic carbocycles. The number of ether oxygens (including phenoxy) is 2. The van der Waals surface area contributed by atoms with Gasteiger partial charge >= 0.3 is 0 Å². The Morgan fingerprint density at radius 1 is 1.19 bits per heavy atom. The van der Waals surface area contributed by atoms with Gasteiger partial charge in [-0.1, -0.05) is 11.6 Å². The van der Waals surface area contributed by atoms with Crippen LogP contribution >= 0.6 is 11.6 Å². The number of aliphatic hydroxyl groups excluding tert-OH is 1. The Kier molecular flexibility index (Phi) is 5.19. The third kappa shape index (κ3) is 4.21. The highest BCUT2D eigenvalue weighted by atomic mass is 35.5. The molecule has 0 bridgehead atoms. The third-order valence-corrected chi connectivity index (χ3v) is 2.80. The van der Waals surface area contributed by atoms with Gasteiger partial charge in [0.2, 0.25) is 11.2 Å². The average Bonchev–Trinajstić information content (AvgIpc) is 2.46. The molecule has 0 saturated carbocycles. The summed E-state index contributed by atoms with van der Waals surface area (Å²) in [5, 5.41) is 8.96. The first-order chi connectivity index (χ1) is 10.1. The van der Waals surface area contributed by atoms with Crippen LogP contribution in [0.3, 0.4) is 0 Å². The van der Waals surface area contributed by atoms with Crippen molar-refractivity contribution in [2.75, 3.05) is 13.2 Å². The normalized spacial score (nSPS) is 10.4. The lowest BCUT2D eigenvalue weighted by molar-refractivity contribution is 0.207. The van der Waals surface area contributed by atoms with Gasteiger partial charge < -0.3 is 19.0 Å². The van der Waals surface area contributed by atoms with Crippen LogP contribution in [0.4, 0.5) is 4.39 Å². The number of halogens is 2. The predicted molar refractivity (Wildman–Crippen MR) is 73.3 cm³/mol. The Balaban J connectivity index is 1.86. The zero-order valence-electron chi connectivity index (χ0n) is 10.8. The fourth-order valence-corrected chi connectivity index (χ4v) is 1.74. The van der Waals surface area contributed by atoms with Crippen LogP contribution in [0.15, 0.2) is 39.7 Å². The lowest BCUT2D eigenvalue weighted by atomic mass is 10.3. The van der Waals surface area contributed by atoms with E-state index < -0.39 is 11.2 Å². The van der Waals surface area contributed by atoms with Crippen molar-refractivity contribution in [3.8, 4) is 11.5 Å². The van der Waals surface area contributed by atoms with Gasteiger partial charge in [-0.3, -0.25) is 4.79 Å². The molecule has 0 radical (unpaired) electrons. The van der Waals surface area contributed by atoms with E-state index in [9.17, 15) is 9.18 Å². The summed E-state index contributed by atoms with van der Waals surface area (Å²) in [6, 6.07) is 4.92. The van der Waals surface area contributed by atoms with Crippen LogP contribution in [0.5, 0.6) is 11.5 Å². The number of rotatable bonds is 6. The minimum Gasteiger partial charge on any atom is -0.488 e. The smallest absolute Gasteiger partial charge is 0.227 e. The number of hydrogen-bond donors (Lipinski definition) is 1. The van der Waals surface area contributed by atoms with Crippen LogP contribution in [-0.2, 0) is 6.61 Å². The van der Waals surface area contributed by atoms with Crippen molar-refractivity contribution in [3.05, 3.63) is 57.4 Å². The van der Waals surface area contributed by atoms with Crippen molar-refractivity contribution < 1.29 is 23.4 Å². The highest BCUT2D eigenvalue weighted by Gasteiger charge is 2.06. The van der Waals surface area contributed by atoms with E-state index in [1.54, 1.807) is 0 Å². The van der Waals surface area contributed by atoms with Crippen molar-refractivity contribution in [2.24, 2.45) is 0 Å². The summed E-state index contributed by atoms with van der Waals surface area (Å²) in [5.41, 5.74) is -0.398. The van der Waals surface area contributed by atoms with Gasteiger partial charge in [0.15, 0.2) is 0 Å². The Bertz CT molecular complexity index is 671. The van der Waals surface area contributed by atoms with Crippen LogP contribution < -0.4 is 14.9 Å². The van der Waals surface area contributed by atoms with Crippen molar-refractivity contribution in [1.82, 2.24) is 0 Å². The quantitative estimate of drug-likeness (QED) is 0.829. The van der Waals surface area contributed by atoms with Crippen LogP contribution in [0.1, 0.15) is 5.76 Å². The SMILES string of the molecule is O=c1cc(CO)occ1OCCOc1ccc(F)cc1Cl. The van der Waals surface area contributed by atoms with E-state index in [1.807, 2.05) is 0 Å². The van der Waals surface area contributed by atoms with Crippen molar-refractivity contribution in [3.63, 3.8) is 0 Å². The van der Waals surface area contributed by atoms with E-state index >= 15 is 0 Å². The molecule has 0 saturated heterocycles. The highest BCUT2D eigenvalue weighted by molar-refractivity contribution is 6.32. The molecule has 0 aliphatic rings. The van der Waals surface area contributed by atoms with Crippen LogP contribution in [0.2, 0.25) is 5.02 Å². The van der Waals surface area contributed by atoms with Crippen molar-refractivity contribution >= 4 is 11.6 Å². The lowest BCUT2D eigenvalue weighted by Crippen LogP contribution is -2.14. The highest BCUT2D eigenvalue weighted by Crippen LogP contribution is 2.24. The molecule has 0 unspecified atom stereocenters. The van der Waals surface area contributed by atoms with Gasteiger partial charge in [-0.05, 0) is 18.2 Å². The first-order valence-corrected chi connectivity index (χ1v) is 6.41. The lowest BCUT2D eigenvalue weighted by Gasteiger charge is -2.09. The molecule has 0 fully saturated rings. The van der Waals surface area contributed by atoms with Gasteiger partial charge in [-0.2, -0.15) is 0 Å². The Morgan fingerprint density at radius 3 is 2.52 bits per heavy atom. The molecule has 0 aliphatic heterocycles. The Hall–Kier alpha value is -2.05. The molecule has 1 aromatic carbocycles. The molecule has 0 spiro atoms. The van der Waals surface area contributed by atoms with Gasteiger partial charge in [0.25, 0.3) is 0 Å². The summed E-state index contributed by atoms with van der Waals surface area (Å²) in [6.45, 7) is -0.162. The van der Waals surface area contributed by atoms with E-state index in [4.69, 9.17) is 30.6 Å². The van der Waals surface area contributed by atoms with Gasteiger partial charge in [-0.25, -0.2) is 4.39 Å². The van der Waals surface area contributed by atoms with Gasteiger partial charge in [0.05, 0.1) is 5.02 Å². The number of hydrogen-bond acceptors (Lipinski definition) is 5. The maximum Gasteiger partial charge on any atom is 0.227 e. The molecule has 5 nitrogen and oxygen atoms in total. The van der Waals surface area contributed by atoms with Gasteiger partial charge in [0.1, 0.15) is 43.4 Å². The maximum atomic E-state index is 12.8. The third-order valence-electron chi connectivity index (χ3n) is 2.50. The van der Waals surface area contributed by atoms with E-state index in [1.165, 1.54) is 12.1 Å². The van der Waals surface area contributed by atoms with Crippen LogP contribution in [0, 0.1) is 5.82 Å². The average molecular weight is 315 g/mol. The minimum absolute atomic E-state index is 0.0148. The second kappa shape index (κ2) is 7.10. The molecular formula is C14H12ClFO5. The number of aliphatic hydroxyl groups is 1. The summed E-state index contributed by atoms with van der Waals surface area (Å²) in [6.07, 6.45) is 1.12. The molecule has 21 heavy (non-hydrogen) atoms. The minimum atomic E-state index is -0.454. The molecule has 1 aromatic heterocycles. The summed E-state index contributed by atoms with van der Waals surface area (Å²) in [7, 11) is 0. The first kappa shape index (κ1) is 15.3. The molecule has 2 rings (SSSR count). The summed E-state index contributed by atoms with van der Waals surface area (Å²) >= 11 is 5.79. The fraction of sp³-hybridized carbons (Fsp3) is 0.214. The van der Waals surface area contributed by atoms with Crippen LogP contribution in [0.25, 0.3) is 0 Å². The van der Waals surface area contributed by atoms with Crippen LogP contribution in [-0.4, -0.2) is 18.3 Å². The second-order valence-electron chi connectivity index (χ2n) is 4.00. The predicted octanol–water partition coefficient (Wildman–Crippen LogP) is 2.38. The van der Waals surface area contributed by atoms with E-state index in [2.05, 4.69) is 0 Å². The standard InChI is InChI=1S/C14H12ClFO5/c15-11-5-9(16)1-2-13(11)19-3-4-20-14-8-21-10(7-17)6-12(14)18/h1-2,5-6,8,17H,3-4,7H2. The summed E-state index contributed by atoms with van der Waals surface area (Å²) < 4.78 is 28.3. The topological polar surface area (TPSA) is 68.9 Å².